The van der Waals surface area contributed by atoms with Crippen LogP contribution in [-0.4, -0.2) is 31.0 Å². The van der Waals surface area contributed by atoms with Crippen LogP contribution in [0.4, 0.5) is 13.2 Å². The normalized spacial score (nSPS) is 11.4. The van der Waals surface area contributed by atoms with Gasteiger partial charge in [-0.05, 0) is 12.1 Å². The summed E-state index contributed by atoms with van der Waals surface area (Å²) >= 11 is 5.90. The molecule has 1 aromatic heterocycles. The van der Waals surface area contributed by atoms with Gasteiger partial charge in [0.1, 0.15) is 39.6 Å². The molecule has 30 heavy (non-hydrogen) atoms. The Hall–Kier alpha value is -3.05. The van der Waals surface area contributed by atoms with E-state index in [0.717, 1.165) is 16.8 Å². The molecule has 3 rings (SSSR count). The number of imidazole rings is 1. The van der Waals surface area contributed by atoms with Crippen LogP contribution < -0.4 is 9.46 Å². The molecular weight excluding hydrogens is 447 g/mol. The molecule has 0 aliphatic rings. The van der Waals surface area contributed by atoms with Gasteiger partial charge in [-0.2, -0.15) is 0 Å². The first-order valence-electron chi connectivity index (χ1n) is 8.12. The van der Waals surface area contributed by atoms with Crippen molar-refractivity contribution in [2.75, 3.05) is 7.11 Å². The van der Waals surface area contributed by atoms with Gasteiger partial charge in [0.2, 0.25) is 0 Å². The number of nitrogens with one attached hydrogen (secondary N) is 1. The molecule has 3 aromatic rings. The number of ether oxygens (including phenoxy) is 1. The molecule has 0 saturated carbocycles. The summed E-state index contributed by atoms with van der Waals surface area (Å²) in [5.74, 6) is -4.91. The van der Waals surface area contributed by atoms with Crippen LogP contribution in [0.5, 0.6) is 5.75 Å². The van der Waals surface area contributed by atoms with Gasteiger partial charge >= 0.3 is 0 Å². The molecule has 1 N–H and O–H groups in total. The third-order valence-electron chi connectivity index (χ3n) is 3.99. The lowest BCUT2D eigenvalue weighted by Crippen LogP contribution is -2.31. The highest BCUT2D eigenvalue weighted by molar-refractivity contribution is 7.90. The van der Waals surface area contributed by atoms with Crippen molar-refractivity contribution < 1.29 is 31.1 Å². The van der Waals surface area contributed by atoms with Gasteiger partial charge in [-0.25, -0.2) is 31.3 Å². The number of carbonyl (C=O) groups excluding carboxylic acids is 1. The van der Waals surface area contributed by atoms with Gasteiger partial charge in [0.15, 0.2) is 0 Å². The van der Waals surface area contributed by atoms with Crippen LogP contribution in [0.25, 0.3) is 11.4 Å². The number of benzene rings is 2. The zero-order chi connectivity index (χ0) is 22.2. The second-order valence-corrected chi connectivity index (χ2v) is 8.09. The molecule has 158 valence electrons. The molecule has 12 heteroatoms. The number of amides is 1. The third kappa shape index (κ3) is 4.12. The predicted octanol–water partition coefficient (Wildman–Crippen LogP) is 3.29. The summed E-state index contributed by atoms with van der Waals surface area (Å²) in [7, 11) is -1.77. The summed E-state index contributed by atoms with van der Waals surface area (Å²) in [6, 6.07) is 4.74. The summed E-state index contributed by atoms with van der Waals surface area (Å²) in [5.41, 5.74) is -1.12. The van der Waals surface area contributed by atoms with Crippen LogP contribution >= 0.6 is 11.6 Å². The zero-order valence-electron chi connectivity index (χ0n) is 15.4. The number of halogens is 4. The first-order valence-corrected chi connectivity index (χ1v) is 9.98. The van der Waals surface area contributed by atoms with Crippen LogP contribution in [0, 0.1) is 17.5 Å². The molecule has 0 aliphatic heterocycles. The molecule has 0 saturated heterocycles. The van der Waals surface area contributed by atoms with Crippen molar-refractivity contribution in [2.45, 2.75) is 4.90 Å². The van der Waals surface area contributed by atoms with Crippen LogP contribution in [-0.2, 0) is 17.1 Å². The summed E-state index contributed by atoms with van der Waals surface area (Å²) in [4.78, 5) is 15.8. The van der Waals surface area contributed by atoms with Crippen molar-refractivity contribution in [1.29, 1.82) is 0 Å². The molecule has 0 radical (unpaired) electrons. The van der Waals surface area contributed by atoms with E-state index in [0.29, 0.717) is 12.1 Å². The molecule has 0 bridgehead atoms. The van der Waals surface area contributed by atoms with Crippen molar-refractivity contribution in [2.24, 2.45) is 7.05 Å². The minimum Gasteiger partial charge on any atom is -0.497 e. The van der Waals surface area contributed by atoms with Crippen LogP contribution in [0.3, 0.4) is 0 Å². The maximum absolute atomic E-state index is 14.0. The quantitative estimate of drug-likeness (QED) is 0.632. The topological polar surface area (TPSA) is 90.3 Å². The van der Waals surface area contributed by atoms with E-state index >= 15 is 0 Å². The molecule has 0 fully saturated rings. The summed E-state index contributed by atoms with van der Waals surface area (Å²) < 4.78 is 74.1. The lowest BCUT2D eigenvalue weighted by atomic mass is 10.2. The number of hydrogen-bond donors (Lipinski definition) is 1. The van der Waals surface area contributed by atoms with Gasteiger partial charge in [-0.3, -0.25) is 4.79 Å². The second-order valence-electron chi connectivity index (χ2n) is 6.04. The molecule has 0 aliphatic carbocycles. The Morgan fingerprint density at radius 2 is 1.80 bits per heavy atom. The maximum Gasteiger partial charge on any atom is 0.285 e. The summed E-state index contributed by atoms with van der Waals surface area (Å²) in [5, 5.41) is -0.159. The molecule has 1 amide bonds. The third-order valence-corrected chi connectivity index (χ3v) is 5.81. The SMILES string of the molecule is COc1ccc(Cl)c(S(=O)(=O)NC(=O)c2cn(C)c(-c3c(F)cc(F)cc3F)n2)c1. The smallest absolute Gasteiger partial charge is 0.285 e. The van der Waals surface area contributed by atoms with Crippen molar-refractivity contribution >= 4 is 27.5 Å². The van der Waals surface area contributed by atoms with E-state index in [1.165, 1.54) is 26.3 Å². The van der Waals surface area contributed by atoms with Gasteiger partial charge in [0.05, 0.1) is 17.7 Å². The minimum absolute atomic E-state index is 0.159. The van der Waals surface area contributed by atoms with E-state index in [9.17, 15) is 26.4 Å². The van der Waals surface area contributed by atoms with Crippen molar-refractivity contribution in [3.05, 3.63) is 64.7 Å². The lowest BCUT2D eigenvalue weighted by Gasteiger charge is -2.09. The Balaban J connectivity index is 1.95. The molecule has 2 aromatic carbocycles. The second kappa shape index (κ2) is 8.00. The van der Waals surface area contributed by atoms with E-state index in [1.807, 2.05) is 0 Å². The fourth-order valence-electron chi connectivity index (χ4n) is 2.61. The van der Waals surface area contributed by atoms with E-state index in [4.69, 9.17) is 16.3 Å². The van der Waals surface area contributed by atoms with Crippen LogP contribution in [0.15, 0.2) is 41.4 Å². The molecule has 0 spiro atoms. The van der Waals surface area contributed by atoms with E-state index in [-0.39, 0.29) is 16.6 Å². The number of sulfonamides is 1. The molecule has 7 nitrogen and oxygen atoms in total. The summed E-state index contributed by atoms with van der Waals surface area (Å²) in [6.07, 6.45) is 1.07. The van der Waals surface area contributed by atoms with Gasteiger partial charge < -0.3 is 9.30 Å². The highest BCUT2D eigenvalue weighted by Gasteiger charge is 2.26. The Kier molecular flexibility index (Phi) is 5.77. The predicted molar refractivity (Wildman–Crippen MR) is 101 cm³/mol. The fraction of sp³-hybridized carbons (Fsp3) is 0.111. The number of aromatic nitrogens is 2. The number of nitrogens with zero attached hydrogens (tertiary/aromatic N) is 2. The van der Waals surface area contributed by atoms with Crippen LogP contribution in [0.2, 0.25) is 5.02 Å². The average Bonchev–Trinajstić information content (AvgIpc) is 3.02. The standard InChI is InChI=1S/C18H13ClF3N3O4S/c1-25-8-14(23-17(25)16-12(21)5-9(20)6-13(16)22)18(26)24-30(27,28)15-7-10(29-2)3-4-11(15)19/h3-8H,1-2H3,(H,24,26). The van der Waals surface area contributed by atoms with Crippen molar-refractivity contribution in [1.82, 2.24) is 14.3 Å². The molecule has 0 atom stereocenters. The zero-order valence-corrected chi connectivity index (χ0v) is 17.0. The van der Waals surface area contributed by atoms with Gasteiger partial charge in [0.25, 0.3) is 15.9 Å². The maximum atomic E-state index is 14.0. The van der Waals surface area contributed by atoms with E-state index in [2.05, 4.69) is 4.98 Å². The minimum atomic E-state index is -4.42. The van der Waals surface area contributed by atoms with Crippen molar-refractivity contribution in [3.63, 3.8) is 0 Å². The Bertz CT molecular complexity index is 1240. The Labute approximate surface area is 174 Å². The lowest BCUT2D eigenvalue weighted by molar-refractivity contribution is 0.0977. The number of methoxy groups -OCH3 is 1. The number of carbonyl (C=O) groups is 1. The highest BCUT2D eigenvalue weighted by atomic mass is 35.5. The first kappa shape index (κ1) is 21.7. The number of hydrogen-bond acceptors (Lipinski definition) is 5. The monoisotopic (exact) mass is 459 g/mol. The summed E-state index contributed by atoms with van der Waals surface area (Å²) in [6.45, 7) is 0. The first-order chi connectivity index (χ1) is 14.0. The number of rotatable bonds is 5. The molecule has 1 heterocycles. The molecular formula is C18H13ClF3N3O4S. The van der Waals surface area contributed by atoms with E-state index < -0.39 is 49.5 Å². The molecule has 0 unspecified atom stereocenters. The highest BCUT2D eigenvalue weighted by Crippen LogP contribution is 2.28. The van der Waals surface area contributed by atoms with Gasteiger partial charge in [-0.15, -0.1) is 0 Å². The van der Waals surface area contributed by atoms with E-state index in [1.54, 1.807) is 4.72 Å². The largest absolute Gasteiger partial charge is 0.497 e. The average molecular weight is 460 g/mol. The fourth-order valence-corrected chi connectivity index (χ4v) is 4.09. The van der Waals surface area contributed by atoms with Gasteiger partial charge in [0, 0.05) is 31.4 Å². The van der Waals surface area contributed by atoms with Crippen molar-refractivity contribution in [3.8, 4) is 17.1 Å². The van der Waals surface area contributed by atoms with Crippen LogP contribution in [0.1, 0.15) is 10.5 Å². The number of aryl methyl sites for hydroxylation is 1. The Morgan fingerprint density at radius 3 is 2.40 bits per heavy atom. The Morgan fingerprint density at radius 1 is 1.17 bits per heavy atom. The van der Waals surface area contributed by atoms with Gasteiger partial charge in [-0.1, -0.05) is 11.6 Å².